The fraction of sp³-hybridized carbons (Fsp3) is 0.800. The number of hydrogen-bond donors (Lipinski definition) is 2. The lowest BCUT2D eigenvalue weighted by molar-refractivity contribution is -0.182. The lowest BCUT2D eigenvalue weighted by atomic mass is 9.38. The summed E-state index contributed by atoms with van der Waals surface area (Å²) in [7, 11) is 0. The molecule has 3 saturated carbocycles. The summed E-state index contributed by atoms with van der Waals surface area (Å²) in [5.74, 6) is 0.847. The van der Waals surface area contributed by atoms with Gasteiger partial charge in [-0.15, -0.1) is 0 Å². The number of allylic oxidation sites excluding steroid dienone is 2. The first kappa shape index (κ1) is 25.8. The van der Waals surface area contributed by atoms with Crippen LogP contribution in [0.25, 0.3) is 0 Å². The SMILES string of the molecule is CC(C)=CC(=O)C[C@@H](C)C1CC[C@@]2(C)[C@@H]3[C@@H](O)C=C4[C@@H](CC[C@H](O)C4(C)C)[C@]3(C=O)CC[C@]12C. The molecule has 0 spiro atoms. The van der Waals surface area contributed by atoms with Crippen LogP contribution in [0.1, 0.15) is 93.4 Å². The van der Waals surface area contributed by atoms with Gasteiger partial charge in [-0.05, 0) is 87.0 Å². The highest BCUT2D eigenvalue weighted by atomic mass is 16.3. The molecule has 190 valence electrons. The minimum atomic E-state index is -0.688. The number of carbonyl (C=O) groups excluding carboxylic acids is 2. The van der Waals surface area contributed by atoms with Crippen LogP contribution in [0, 0.1) is 45.3 Å². The molecule has 0 heterocycles. The van der Waals surface area contributed by atoms with Crippen molar-refractivity contribution in [2.75, 3.05) is 0 Å². The summed E-state index contributed by atoms with van der Waals surface area (Å²) in [5.41, 5.74) is 0.929. The molecular weight excluding hydrogens is 424 g/mol. The molecule has 0 aromatic rings. The molecule has 2 N–H and O–H groups in total. The third-order valence-electron chi connectivity index (χ3n) is 11.3. The van der Waals surface area contributed by atoms with E-state index in [9.17, 15) is 19.8 Å². The monoisotopic (exact) mass is 470 g/mol. The Kier molecular flexibility index (Phi) is 6.38. The lowest BCUT2D eigenvalue weighted by Gasteiger charge is -2.66. The van der Waals surface area contributed by atoms with Gasteiger partial charge in [0.2, 0.25) is 0 Å². The molecule has 0 aliphatic heterocycles. The number of rotatable bonds is 5. The van der Waals surface area contributed by atoms with Crippen molar-refractivity contribution in [3.05, 3.63) is 23.3 Å². The van der Waals surface area contributed by atoms with Crippen LogP contribution in [-0.2, 0) is 9.59 Å². The molecule has 34 heavy (non-hydrogen) atoms. The quantitative estimate of drug-likeness (QED) is 0.309. The molecule has 0 bridgehead atoms. The molecule has 3 fully saturated rings. The van der Waals surface area contributed by atoms with Crippen molar-refractivity contribution in [1.29, 1.82) is 0 Å². The van der Waals surface area contributed by atoms with Crippen molar-refractivity contribution in [3.63, 3.8) is 0 Å². The Morgan fingerprint density at radius 2 is 1.74 bits per heavy atom. The fourth-order valence-electron chi connectivity index (χ4n) is 9.39. The highest BCUT2D eigenvalue weighted by molar-refractivity contribution is 5.90. The van der Waals surface area contributed by atoms with Crippen LogP contribution in [-0.4, -0.2) is 34.5 Å². The van der Waals surface area contributed by atoms with Gasteiger partial charge in [0.05, 0.1) is 12.2 Å². The molecule has 0 aromatic heterocycles. The first-order valence-electron chi connectivity index (χ1n) is 13.5. The average molecular weight is 471 g/mol. The van der Waals surface area contributed by atoms with E-state index < -0.39 is 23.0 Å². The Morgan fingerprint density at radius 3 is 2.35 bits per heavy atom. The maximum absolute atomic E-state index is 13.1. The third kappa shape index (κ3) is 3.45. The summed E-state index contributed by atoms with van der Waals surface area (Å²) < 4.78 is 0. The Bertz CT molecular complexity index is 911. The van der Waals surface area contributed by atoms with Gasteiger partial charge in [0.15, 0.2) is 5.78 Å². The normalized spacial score (nSPS) is 45.8. The van der Waals surface area contributed by atoms with Crippen LogP contribution >= 0.6 is 0 Å². The van der Waals surface area contributed by atoms with Crippen LogP contribution in [0.2, 0.25) is 0 Å². The molecule has 0 radical (unpaired) electrons. The van der Waals surface area contributed by atoms with Gasteiger partial charge in [-0.25, -0.2) is 0 Å². The highest BCUT2D eigenvalue weighted by Crippen LogP contribution is 2.74. The molecule has 4 heteroatoms. The van der Waals surface area contributed by atoms with Crippen molar-refractivity contribution in [3.8, 4) is 0 Å². The topological polar surface area (TPSA) is 74.6 Å². The summed E-state index contributed by atoms with van der Waals surface area (Å²) in [5, 5.41) is 22.4. The molecule has 4 nitrogen and oxygen atoms in total. The Morgan fingerprint density at radius 1 is 1.06 bits per heavy atom. The van der Waals surface area contributed by atoms with Crippen molar-refractivity contribution in [2.45, 2.75) is 106 Å². The number of aliphatic hydroxyl groups is 2. The second-order valence-electron chi connectivity index (χ2n) is 13.5. The number of carbonyl (C=O) groups is 2. The second-order valence-corrected chi connectivity index (χ2v) is 13.5. The van der Waals surface area contributed by atoms with E-state index in [1.807, 2.05) is 19.9 Å². The van der Waals surface area contributed by atoms with Crippen molar-refractivity contribution in [2.24, 2.45) is 45.3 Å². The molecule has 0 aromatic carbocycles. The van der Waals surface area contributed by atoms with E-state index in [-0.39, 0.29) is 34.4 Å². The molecule has 4 aliphatic carbocycles. The van der Waals surface area contributed by atoms with E-state index in [0.717, 1.165) is 43.3 Å². The molecule has 9 atom stereocenters. The van der Waals surface area contributed by atoms with Gasteiger partial charge >= 0.3 is 0 Å². The lowest BCUT2D eigenvalue weighted by Crippen LogP contribution is -2.64. The zero-order valence-electron chi connectivity index (χ0n) is 22.4. The van der Waals surface area contributed by atoms with Crippen LogP contribution in [0.4, 0.5) is 0 Å². The van der Waals surface area contributed by atoms with E-state index in [1.54, 1.807) is 6.08 Å². The van der Waals surface area contributed by atoms with E-state index >= 15 is 0 Å². The summed E-state index contributed by atoms with van der Waals surface area (Å²) in [6.07, 6.45) is 9.68. The van der Waals surface area contributed by atoms with Gasteiger partial charge in [0.25, 0.3) is 0 Å². The van der Waals surface area contributed by atoms with Crippen molar-refractivity contribution >= 4 is 12.1 Å². The second kappa shape index (κ2) is 8.40. The largest absolute Gasteiger partial charge is 0.392 e. The molecule has 4 aliphatic rings. The fourth-order valence-corrected chi connectivity index (χ4v) is 9.39. The van der Waals surface area contributed by atoms with Gasteiger partial charge in [0.1, 0.15) is 6.29 Å². The maximum atomic E-state index is 13.1. The molecular formula is C30H46O4. The Labute approximate surface area is 206 Å². The van der Waals surface area contributed by atoms with Gasteiger partial charge < -0.3 is 15.0 Å². The molecule has 0 saturated heterocycles. The predicted molar refractivity (Wildman–Crippen MR) is 135 cm³/mol. The Balaban J connectivity index is 1.72. The van der Waals surface area contributed by atoms with Gasteiger partial charge in [-0.1, -0.05) is 51.8 Å². The van der Waals surface area contributed by atoms with Crippen LogP contribution < -0.4 is 0 Å². The van der Waals surface area contributed by atoms with E-state index in [2.05, 4.69) is 34.6 Å². The van der Waals surface area contributed by atoms with E-state index in [0.29, 0.717) is 18.8 Å². The standard InChI is InChI=1S/C30H46O4/c1-18(2)14-20(32)15-19(3)21-10-11-29(7)26-24(33)16-23-22(8-9-25(34)27(23,4)5)30(26,17-31)13-12-28(21,29)6/h14,16-17,19,21-22,24-26,33-34H,8-13,15H2,1-7H3/t19-,21?,22-,24+,25+,26+,28-,29+,30-/m1/s1. The van der Waals surface area contributed by atoms with Crippen LogP contribution in [0.3, 0.4) is 0 Å². The van der Waals surface area contributed by atoms with E-state index in [4.69, 9.17) is 0 Å². The average Bonchev–Trinajstić information content (AvgIpc) is 3.01. The summed E-state index contributed by atoms with van der Waals surface area (Å²) in [6.45, 7) is 15.0. The smallest absolute Gasteiger partial charge is 0.155 e. The summed E-state index contributed by atoms with van der Waals surface area (Å²) >= 11 is 0. The Hall–Kier alpha value is -1.26. The van der Waals surface area contributed by atoms with Crippen LogP contribution in [0.15, 0.2) is 23.3 Å². The first-order chi connectivity index (χ1) is 15.7. The maximum Gasteiger partial charge on any atom is 0.155 e. The molecule has 0 amide bonds. The predicted octanol–water partition coefficient (Wildman–Crippen LogP) is 5.66. The zero-order valence-corrected chi connectivity index (χ0v) is 22.4. The molecule has 4 rings (SSSR count). The van der Waals surface area contributed by atoms with Crippen LogP contribution in [0.5, 0.6) is 0 Å². The minimum absolute atomic E-state index is 0.0229. The highest BCUT2D eigenvalue weighted by Gasteiger charge is 2.70. The van der Waals surface area contributed by atoms with E-state index in [1.165, 1.54) is 6.29 Å². The van der Waals surface area contributed by atoms with Gasteiger partial charge in [-0.2, -0.15) is 0 Å². The number of fused-ring (bicyclic) bond motifs is 5. The van der Waals surface area contributed by atoms with Crippen molar-refractivity contribution in [1.82, 2.24) is 0 Å². The zero-order chi connectivity index (χ0) is 25.3. The summed E-state index contributed by atoms with van der Waals surface area (Å²) in [6, 6.07) is 0. The number of aliphatic hydroxyl groups excluding tert-OH is 2. The van der Waals surface area contributed by atoms with Crippen molar-refractivity contribution < 1.29 is 19.8 Å². The third-order valence-corrected chi connectivity index (χ3v) is 11.3. The minimum Gasteiger partial charge on any atom is -0.392 e. The first-order valence-corrected chi connectivity index (χ1v) is 13.5. The number of aldehydes is 1. The summed E-state index contributed by atoms with van der Waals surface area (Å²) in [4.78, 5) is 25.7. The number of ketones is 1. The van der Waals surface area contributed by atoms with Gasteiger partial charge in [-0.3, -0.25) is 4.79 Å². The number of hydrogen-bond acceptors (Lipinski definition) is 4. The molecule has 1 unspecified atom stereocenters. The van der Waals surface area contributed by atoms with Gasteiger partial charge in [0, 0.05) is 23.2 Å².